The van der Waals surface area contributed by atoms with Crippen molar-refractivity contribution < 1.29 is 14.6 Å². The minimum atomic E-state index is -1.04. The van der Waals surface area contributed by atoms with E-state index in [2.05, 4.69) is 4.98 Å². The molecule has 1 unspecified atom stereocenters. The van der Waals surface area contributed by atoms with Crippen LogP contribution in [0, 0.1) is 5.92 Å². The second-order valence-electron chi connectivity index (χ2n) is 3.73. The van der Waals surface area contributed by atoms with Crippen LogP contribution in [0.1, 0.15) is 31.3 Å². The van der Waals surface area contributed by atoms with Gasteiger partial charge in [-0.25, -0.2) is 9.78 Å². The predicted molar refractivity (Wildman–Crippen MR) is 56.1 cm³/mol. The van der Waals surface area contributed by atoms with Gasteiger partial charge in [0.15, 0.2) is 5.69 Å². The summed E-state index contributed by atoms with van der Waals surface area (Å²) in [5, 5.41) is 8.73. The van der Waals surface area contributed by atoms with Crippen molar-refractivity contribution in [1.82, 2.24) is 4.98 Å². The third-order valence-corrected chi connectivity index (χ3v) is 2.19. The maximum absolute atomic E-state index is 10.7. The van der Waals surface area contributed by atoms with Gasteiger partial charge in [0, 0.05) is 6.07 Å². The number of rotatable bonds is 4. The molecule has 0 aliphatic rings. The Hall–Kier alpha value is -1.58. The van der Waals surface area contributed by atoms with E-state index >= 15 is 0 Å². The molecule has 0 spiro atoms. The van der Waals surface area contributed by atoms with Crippen molar-refractivity contribution in [1.29, 1.82) is 0 Å². The smallest absolute Gasteiger partial charge is 0.354 e. The van der Waals surface area contributed by atoms with Crippen molar-refractivity contribution in [2.24, 2.45) is 5.92 Å². The molecule has 0 aliphatic heterocycles. The van der Waals surface area contributed by atoms with E-state index in [0.29, 0.717) is 11.8 Å². The Morgan fingerprint density at radius 3 is 2.60 bits per heavy atom. The second-order valence-corrected chi connectivity index (χ2v) is 3.73. The highest BCUT2D eigenvalue weighted by Gasteiger charge is 2.11. The fourth-order valence-electron chi connectivity index (χ4n) is 0.926. The van der Waals surface area contributed by atoms with Gasteiger partial charge in [-0.3, -0.25) is 0 Å². The highest BCUT2D eigenvalue weighted by molar-refractivity contribution is 5.85. The highest BCUT2D eigenvalue weighted by Crippen LogP contribution is 2.13. The molecule has 1 atom stereocenters. The molecule has 0 aliphatic carbocycles. The van der Waals surface area contributed by atoms with Gasteiger partial charge in [0.1, 0.15) is 0 Å². The molecule has 15 heavy (non-hydrogen) atoms. The molecule has 0 saturated carbocycles. The molecule has 1 heterocycles. The Morgan fingerprint density at radius 1 is 1.40 bits per heavy atom. The molecule has 0 amide bonds. The van der Waals surface area contributed by atoms with E-state index in [1.807, 2.05) is 20.8 Å². The van der Waals surface area contributed by atoms with Crippen molar-refractivity contribution in [2.75, 3.05) is 0 Å². The minimum Gasteiger partial charge on any atom is -0.477 e. The first-order valence-corrected chi connectivity index (χ1v) is 4.87. The van der Waals surface area contributed by atoms with Crippen LogP contribution in [-0.4, -0.2) is 22.2 Å². The summed E-state index contributed by atoms with van der Waals surface area (Å²) in [7, 11) is 0. The molecule has 0 fully saturated rings. The molecule has 1 rings (SSSR count). The zero-order valence-corrected chi connectivity index (χ0v) is 9.10. The first-order valence-electron chi connectivity index (χ1n) is 4.87. The van der Waals surface area contributed by atoms with Gasteiger partial charge < -0.3 is 9.84 Å². The number of pyridine rings is 1. The summed E-state index contributed by atoms with van der Waals surface area (Å²) in [4.78, 5) is 14.5. The Balaban J connectivity index is 2.78. The van der Waals surface area contributed by atoms with Crippen LogP contribution in [-0.2, 0) is 0 Å². The maximum atomic E-state index is 10.7. The minimum absolute atomic E-state index is 0.00320. The Morgan fingerprint density at radius 2 is 2.07 bits per heavy atom. The summed E-state index contributed by atoms with van der Waals surface area (Å²) in [6.07, 6.45) is 0.0153. The summed E-state index contributed by atoms with van der Waals surface area (Å²) < 4.78 is 5.49. The van der Waals surface area contributed by atoms with Crippen LogP contribution in [0.4, 0.5) is 0 Å². The van der Waals surface area contributed by atoms with Crippen molar-refractivity contribution in [3.63, 3.8) is 0 Å². The Bertz CT molecular complexity index is 349. The molecule has 1 N–H and O–H groups in total. The van der Waals surface area contributed by atoms with Gasteiger partial charge in [0.05, 0.1) is 6.10 Å². The molecule has 82 valence electrons. The van der Waals surface area contributed by atoms with Crippen LogP contribution in [0.25, 0.3) is 0 Å². The number of carbonyl (C=O) groups is 1. The van der Waals surface area contributed by atoms with Crippen LogP contribution < -0.4 is 4.74 Å². The zero-order chi connectivity index (χ0) is 11.4. The monoisotopic (exact) mass is 209 g/mol. The first-order chi connectivity index (χ1) is 7.00. The number of nitrogens with zero attached hydrogens (tertiary/aromatic N) is 1. The lowest BCUT2D eigenvalue weighted by Crippen LogP contribution is -2.19. The average molecular weight is 209 g/mol. The van der Waals surface area contributed by atoms with Gasteiger partial charge in [0.25, 0.3) is 0 Å². The van der Waals surface area contributed by atoms with Gasteiger partial charge in [-0.15, -0.1) is 0 Å². The summed E-state index contributed by atoms with van der Waals surface area (Å²) in [6.45, 7) is 6.00. The van der Waals surface area contributed by atoms with Crippen molar-refractivity contribution in [3.05, 3.63) is 23.9 Å². The van der Waals surface area contributed by atoms with E-state index in [1.54, 1.807) is 12.1 Å². The van der Waals surface area contributed by atoms with Gasteiger partial charge in [-0.1, -0.05) is 19.9 Å². The van der Waals surface area contributed by atoms with Crippen LogP contribution >= 0.6 is 0 Å². The fourth-order valence-corrected chi connectivity index (χ4v) is 0.926. The maximum Gasteiger partial charge on any atom is 0.354 e. The van der Waals surface area contributed by atoms with Crippen molar-refractivity contribution >= 4 is 5.97 Å². The standard InChI is InChI=1S/C11H15NO3/c1-7(2)8(3)15-10-6-4-5-9(12-10)11(13)14/h4-8H,1-3H3,(H,13,14). The second kappa shape index (κ2) is 4.77. The summed E-state index contributed by atoms with van der Waals surface area (Å²) in [5.41, 5.74) is 0.00320. The zero-order valence-electron chi connectivity index (χ0n) is 9.10. The molecule has 0 aromatic carbocycles. The number of aromatic carboxylic acids is 1. The number of carboxylic acid groups (broad SMARTS) is 1. The van der Waals surface area contributed by atoms with Crippen LogP contribution in [0.15, 0.2) is 18.2 Å². The predicted octanol–water partition coefficient (Wildman–Crippen LogP) is 2.20. The van der Waals surface area contributed by atoms with E-state index in [1.165, 1.54) is 6.07 Å². The first kappa shape index (κ1) is 11.5. The Labute approximate surface area is 88.9 Å². The lowest BCUT2D eigenvalue weighted by atomic mass is 10.1. The molecule has 0 bridgehead atoms. The van der Waals surface area contributed by atoms with Gasteiger partial charge in [-0.05, 0) is 18.9 Å². The third-order valence-electron chi connectivity index (χ3n) is 2.19. The molecule has 0 saturated heterocycles. The van der Waals surface area contributed by atoms with Crippen molar-refractivity contribution in [3.8, 4) is 5.88 Å². The molecular weight excluding hydrogens is 194 g/mol. The largest absolute Gasteiger partial charge is 0.477 e. The van der Waals surface area contributed by atoms with Crippen LogP contribution in [0.3, 0.4) is 0 Å². The molecule has 1 aromatic rings. The van der Waals surface area contributed by atoms with Gasteiger partial charge >= 0.3 is 5.97 Å². The fraction of sp³-hybridized carbons (Fsp3) is 0.455. The van der Waals surface area contributed by atoms with E-state index in [0.717, 1.165) is 0 Å². The molecule has 1 aromatic heterocycles. The van der Waals surface area contributed by atoms with E-state index in [9.17, 15) is 4.79 Å². The van der Waals surface area contributed by atoms with E-state index < -0.39 is 5.97 Å². The van der Waals surface area contributed by atoms with Gasteiger partial charge in [-0.2, -0.15) is 0 Å². The lowest BCUT2D eigenvalue weighted by Gasteiger charge is -2.17. The number of aromatic nitrogens is 1. The lowest BCUT2D eigenvalue weighted by molar-refractivity contribution is 0.0687. The summed E-state index contributed by atoms with van der Waals surface area (Å²) in [6, 6.07) is 4.72. The highest BCUT2D eigenvalue weighted by atomic mass is 16.5. The topological polar surface area (TPSA) is 59.4 Å². The normalized spacial score (nSPS) is 12.5. The number of hydrogen-bond acceptors (Lipinski definition) is 3. The Kier molecular flexibility index (Phi) is 3.66. The van der Waals surface area contributed by atoms with E-state index in [4.69, 9.17) is 9.84 Å². The SMILES string of the molecule is CC(C)C(C)Oc1cccc(C(=O)O)n1. The number of hydrogen-bond donors (Lipinski definition) is 1. The summed E-state index contributed by atoms with van der Waals surface area (Å²) >= 11 is 0. The average Bonchev–Trinajstić information content (AvgIpc) is 2.18. The van der Waals surface area contributed by atoms with Crippen LogP contribution in [0.5, 0.6) is 5.88 Å². The number of ether oxygens (including phenoxy) is 1. The molecule has 4 heteroatoms. The van der Waals surface area contributed by atoms with E-state index in [-0.39, 0.29) is 11.8 Å². The molecular formula is C11H15NO3. The van der Waals surface area contributed by atoms with Crippen molar-refractivity contribution in [2.45, 2.75) is 26.9 Å². The third kappa shape index (κ3) is 3.23. The molecule has 0 radical (unpaired) electrons. The van der Waals surface area contributed by atoms with Gasteiger partial charge in [0.2, 0.25) is 5.88 Å². The van der Waals surface area contributed by atoms with Crippen LogP contribution in [0.2, 0.25) is 0 Å². The molecule has 4 nitrogen and oxygen atoms in total. The number of carboxylic acids is 1. The quantitative estimate of drug-likeness (QED) is 0.825. The summed E-state index contributed by atoms with van der Waals surface area (Å²) in [5.74, 6) is -0.325.